The Morgan fingerprint density at radius 3 is 2.08 bits per heavy atom. The number of nitrogens with zero attached hydrogens (tertiary/aromatic N) is 1. The van der Waals surface area contributed by atoms with Gasteiger partial charge < -0.3 is 11.5 Å². The molecule has 3 atom stereocenters. The molecule has 0 radical (unpaired) electrons. The molecular formula is C21H44N4. The summed E-state index contributed by atoms with van der Waals surface area (Å²) in [5, 5.41) is 2.29. The summed E-state index contributed by atoms with van der Waals surface area (Å²) < 4.78 is 0. The highest BCUT2D eigenvalue weighted by Gasteiger charge is 2.57. The van der Waals surface area contributed by atoms with Gasteiger partial charge in [-0.25, -0.2) is 5.01 Å². The molecule has 0 aromatic carbocycles. The van der Waals surface area contributed by atoms with Crippen LogP contribution in [0.5, 0.6) is 0 Å². The standard InChI is InChI=1S/C21H44N4/c1-16(9-14-22)17-6-11-20(4,12-7-17)25(24)21(5)13-8-18(10-15-23)19(21,2)3/h16-18H,6-15,22-24H2,1-5H3. The van der Waals surface area contributed by atoms with Crippen molar-refractivity contribution in [3.05, 3.63) is 0 Å². The van der Waals surface area contributed by atoms with E-state index in [4.69, 9.17) is 17.3 Å². The molecular weight excluding hydrogens is 308 g/mol. The van der Waals surface area contributed by atoms with Crippen LogP contribution < -0.4 is 17.3 Å². The van der Waals surface area contributed by atoms with Crippen LogP contribution in [0.3, 0.4) is 0 Å². The quantitative estimate of drug-likeness (QED) is 0.482. The molecule has 2 saturated carbocycles. The molecule has 0 heterocycles. The van der Waals surface area contributed by atoms with Crippen molar-refractivity contribution in [2.45, 2.75) is 97.1 Å². The Morgan fingerprint density at radius 2 is 1.56 bits per heavy atom. The fourth-order valence-electron chi connectivity index (χ4n) is 5.88. The summed E-state index contributed by atoms with van der Waals surface area (Å²) in [6.45, 7) is 13.6. The number of hydrogen-bond acceptors (Lipinski definition) is 4. The van der Waals surface area contributed by atoms with Gasteiger partial charge in [0.2, 0.25) is 0 Å². The summed E-state index contributed by atoms with van der Waals surface area (Å²) in [4.78, 5) is 0. The molecule has 25 heavy (non-hydrogen) atoms. The number of hydrogen-bond donors (Lipinski definition) is 3. The van der Waals surface area contributed by atoms with E-state index in [1.54, 1.807) is 0 Å². The monoisotopic (exact) mass is 352 g/mol. The molecule has 0 amide bonds. The van der Waals surface area contributed by atoms with Crippen molar-refractivity contribution in [2.75, 3.05) is 13.1 Å². The molecule has 4 nitrogen and oxygen atoms in total. The molecule has 4 heteroatoms. The van der Waals surface area contributed by atoms with Gasteiger partial charge in [0, 0.05) is 11.1 Å². The maximum atomic E-state index is 6.92. The minimum atomic E-state index is 0.0529. The van der Waals surface area contributed by atoms with Crippen molar-refractivity contribution in [1.82, 2.24) is 5.01 Å². The van der Waals surface area contributed by atoms with Crippen LogP contribution in [0.4, 0.5) is 0 Å². The van der Waals surface area contributed by atoms with Gasteiger partial charge in [0.25, 0.3) is 0 Å². The maximum Gasteiger partial charge on any atom is 0.0383 e. The van der Waals surface area contributed by atoms with E-state index in [-0.39, 0.29) is 16.5 Å². The largest absolute Gasteiger partial charge is 0.330 e. The third-order valence-corrected chi connectivity index (χ3v) is 8.55. The molecule has 0 spiro atoms. The van der Waals surface area contributed by atoms with E-state index in [0.29, 0.717) is 5.92 Å². The van der Waals surface area contributed by atoms with E-state index < -0.39 is 0 Å². The highest BCUT2D eigenvalue weighted by atomic mass is 15.5. The van der Waals surface area contributed by atoms with Crippen LogP contribution in [0.1, 0.15) is 86.0 Å². The highest BCUT2D eigenvalue weighted by Crippen LogP contribution is 2.56. The van der Waals surface area contributed by atoms with E-state index in [9.17, 15) is 0 Å². The van der Waals surface area contributed by atoms with Gasteiger partial charge >= 0.3 is 0 Å². The topological polar surface area (TPSA) is 81.3 Å². The molecule has 0 aliphatic heterocycles. The minimum Gasteiger partial charge on any atom is -0.330 e. The second-order valence-corrected chi connectivity index (χ2v) is 10.1. The van der Waals surface area contributed by atoms with Crippen LogP contribution in [-0.2, 0) is 0 Å². The lowest BCUT2D eigenvalue weighted by Crippen LogP contribution is -2.66. The van der Waals surface area contributed by atoms with E-state index in [0.717, 1.165) is 37.8 Å². The van der Waals surface area contributed by atoms with Crippen LogP contribution in [-0.4, -0.2) is 29.2 Å². The van der Waals surface area contributed by atoms with Crippen LogP contribution >= 0.6 is 0 Å². The van der Waals surface area contributed by atoms with Gasteiger partial charge in [-0.3, -0.25) is 5.84 Å². The smallest absolute Gasteiger partial charge is 0.0383 e. The first-order valence-corrected chi connectivity index (χ1v) is 10.6. The lowest BCUT2D eigenvalue weighted by molar-refractivity contribution is -0.0882. The normalized spacial score (nSPS) is 39.7. The first kappa shape index (κ1) is 21.1. The molecule has 2 aliphatic rings. The van der Waals surface area contributed by atoms with Gasteiger partial charge in [-0.05, 0) is 101 Å². The fourth-order valence-corrected chi connectivity index (χ4v) is 5.88. The third-order valence-electron chi connectivity index (χ3n) is 8.55. The predicted molar refractivity (Wildman–Crippen MR) is 108 cm³/mol. The molecule has 0 aromatic rings. The van der Waals surface area contributed by atoms with E-state index >= 15 is 0 Å². The van der Waals surface area contributed by atoms with Crippen molar-refractivity contribution in [1.29, 1.82) is 0 Å². The SMILES string of the molecule is CC(CCN)C1CCC(C)(N(N)C2(C)CCC(CCN)C2(C)C)CC1. The van der Waals surface area contributed by atoms with Gasteiger partial charge in [-0.2, -0.15) is 0 Å². The van der Waals surface area contributed by atoms with Gasteiger partial charge in [-0.1, -0.05) is 20.8 Å². The average molecular weight is 353 g/mol. The summed E-state index contributed by atoms with van der Waals surface area (Å²) >= 11 is 0. The molecule has 0 aromatic heterocycles. The molecule has 6 N–H and O–H groups in total. The van der Waals surface area contributed by atoms with Crippen molar-refractivity contribution in [2.24, 2.45) is 40.5 Å². The van der Waals surface area contributed by atoms with Crippen LogP contribution in [0, 0.1) is 23.2 Å². The Labute approximate surface area is 156 Å². The first-order valence-electron chi connectivity index (χ1n) is 10.6. The van der Waals surface area contributed by atoms with Crippen molar-refractivity contribution in [3.63, 3.8) is 0 Å². The summed E-state index contributed by atoms with van der Waals surface area (Å²) in [6.07, 6.45) is 9.68. The zero-order chi connectivity index (χ0) is 18.9. The zero-order valence-electron chi connectivity index (χ0n) is 17.5. The molecule has 2 aliphatic carbocycles. The Hall–Kier alpha value is -0.160. The number of rotatable bonds is 7. The van der Waals surface area contributed by atoms with E-state index in [2.05, 4.69) is 39.6 Å². The number of nitrogens with two attached hydrogens (primary N) is 3. The highest BCUT2D eigenvalue weighted by molar-refractivity contribution is 5.09. The molecule has 148 valence electrons. The van der Waals surface area contributed by atoms with Crippen molar-refractivity contribution >= 4 is 0 Å². The Bertz CT molecular complexity index is 428. The summed E-state index contributed by atoms with van der Waals surface area (Å²) in [6, 6.07) is 0. The minimum absolute atomic E-state index is 0.0529. The fraction of sp³-hybridized carbons (Fsp3) is 1.00. The third kappa shape index (κ3) is 3.78. The second kappa shape index (κ2) is 7.84. The van der Waals surface area contributed by atoms with Gasteiger partial charge in [0.05, 0.1) is 0 Å². The average Bonchev–Trinajstić information content (AvgIpc) is 2.79. The first-order chi connectivity index (χ1) is 11.6. The Balaban J connectivity index is 2.08. The Kier molecular flexibility index (Phi) is 6.63. The van der Waals surface area contributed by atoms with Gasteiger partial charge in [0.1, 0.15) is 0 Å². The summed E-state index contributed by atoms with van der Waals surface area (Å²) in [5.41, 5.74) is 12.0. The van der Waals surface area contributed by atoms with Gasteiger partial charge in [0.15, 0.2) is 0 Å². The molecule has 2 fully saturated rings. The van der Waals surface area contributed by atoms with Crippen LogP contribution in [0.2, 0.25) is 0 Å². The molecule has 2 rings (SSSR count). The second-order valence-electron chi connectivity index (χ2n) is 10.1. The molecule has 0 bridgehead atoms. The maximum absolute atomic E-state index is 6.92. The van der Waals surface area contributed by atoms with Crippen LogP contribution in [0.15, 0.2) is 0 Å². The number of hydrazine groups is 1. The lowest BCUT2D eigenvalue weighted by Gasteiger charge is -2.56. The van der Waals surface area contributed by atoms with E-state index in [1.807, 2.05) is 0 Å². The van der Waals surface area contributed by atoms with E-state index in [1.165, 1.54) is 38.5 Å². The van der Waals surface area contributed by atoms with Gasteiger partial charge in [-0.15, -0.1) is 0 Å². The molecule has 3 unspecified atom stereocenters. The summed E-state index contributed by atoms with van der Waals surface area (Å²) in [5.74, 6) is 9.16. The van der Waals surface area contributed by atoms with Crippen molar-refractivity contribution < 1.29 is 0 Å². The summed E-state index contributed by atoms with van der Waals surface area (Å²) in [7, 11) is 0. The molecule has 0 saturated heterocycles. The predicted octanol–water partition coefficient (Wildman–Crippen LogP) is 3.64. The van der Waals surface area contributed by atoms with Crippen molar-refractivity contribution in [3.8, 4) is 0 Å². The van der Waals surface area contributed by atoms with Crippen LogP contribution in [0.25, 0.3) is 0 Å². The Morgan fingerprint density at radius 1 is 0.960 bits per heavy atom. The lowest BCUT2D eigenvalue weighted by atomic mass is 9.66. The zero-order valence-corrected chi connectivity index (χ0v) is 17.5.